The zero-order valence-corrected chi connectivity index (χ0v) is 18.9. The highest BCUT2D eigenvalue weighted by Gasteiger charge is 2.33. The van der Waals surface area contributed by atoms with E-state index in [1.165, 1.54) is 6.42 Å². The molecule has 9 heteroatoms. The van der Waals surface area contributed by atoms with E-state index in [0.29, 0.717) is 16.9 Å². The van der Waals surface area contributed by atoms with Gasteiger partial charge in [-0.05, 0) is 70.1 Å². The molecule has 4 N–H and O–H groups in total. The van der Waals surface area contributed by atoms with E-state index in [-0.39, 0.29) is 23.4 Å². The lowest BCUT2D eigenvalue weighted by atomic mass is 9.79. The van der Waals surface area contributed by atoms with Crippen LogP contribution in [-0.4, -0.2) is 31.0 Å². The van der Waals surface area contributed by atoms with Gasteiger partial charge in [-0.15, -0.1) is 0 Å². The van der Waals surface area contributed by atoms with Crippen LogP contribution in [0.5, 0.6) is 0 Å². The predicted octanol–water partition coefficient (Wildman–Crippen LogP) is 4.79. The van der Waals surface area contributed by atoms with E-state index in [4.69, 9.17) is 27.3 Å². The number of fused-ring (bicyclic) bond motifs is 1. The van der Waals surface area contributed by atoms with Crippen molar-refractivity contribution in [2.45, 2.75) is 63.5 Å². The Morgan fingerprint density at radius 1 is 1.22 bits per heavy atom. The van der Waals surface area contributed by atoms with Crippen molar-refractivity contribution in [2.75, 3.05) is 10.6 Å². The zero-order valence-electron chi connectivity index (χ0n) is 18.1. The number of aromatic nitrogens is 4. The summed E-state index contributed by atoms with van der Waals surface area (Å²) in [5, 5.41) is 7.57. The van der Waals surface area contributed by atoms with Gasteiger partial charge in [0, 0.05) is 28.2 Å². The fraction of sp³-hybridized carbons (Fsp3) is 0.478. The molecule has 1 amide bonds. The number of hydrogen-bond acceptors (Lipinski definition) is 6. The van der Waals surface area contributed by atoms with Crippen molar-refractivity contribution >= 4 is 46.3 Å². The van der Waals surface area contributed by atoms with Gasteiger partial charge in [-0.3, -0.25) is 9.36 Å². The molecule has 2 aliphatic carbocycles. The number of anilines is 3. The lowest BCUT2D eigenvalue weighted by Gasteiger charge is -2.39. The average Bonchev–Trinajstić information content (AvgIpc) is 3.09. The quantitative estimate of drug-likeness (QED) is 0.494. The van der Waals surface area contributed by atoms with E-state index in [2.05, 4.69) is 27.1 Å². The van der Waals surface area contributed by atoms with E-state index in [9.17, 15) is 4.79 Å². The summed E-state index contributed by atoms with van der Waals surface area (Å²) in [5.74, 6) is 1.06. The van der Waals surface area contributed by atoms with Gasteiger partial charge < -0.3 is 16.4 Å². The first-order valence-corrected chi connectivity index (χ1v) is 11.6. The molecule has 1 aromatic carbocycles. The summed E-state index contributed by atoms with van der Waals surface area (Å²) in [6, 6.07) is 7.72. The van der Waals surface area contributed by atoms with Crippen molar-refractivity contribution in [2.24, 2.45) is 11.7 Å². The fourth-order valence-corrected chi connectivity index (χ4v) is 4.99. The minimum Gasteiger partial charge on any atom is -0.369 e. The Labute approximate surface area is 192 Å². The molecule has 0 atom stereocenters. The molecular formula is C23H28ClN7O. The molecule has 0 spiro atoms. The predicted molar refractivity (Wildman–Crippen MR) is 126 cm³/mol. The Balaban J connectivity index is 1.52. The lowest BCUT2D eigenvalue weighted by molar-refractivity contribution is -0.122. The molecule has 2 heterocycles. The summed E-state index contributed by atoms with van der Waals surface area (Å²) in [5.41, 5.74) is 7.99. The van der Waals surface area contributed by atoms with Gasteiger partial charge in [-0.25, -0.2) is 9.97 Å². The van der Waals surface area contributed by atoms with Crippen molar-refractivity contribution in [3.05, 3.63) is 35.5 Å². The van der Waals surface area contributed by atoms with Crippen LogP contribution < -0.4 is 16.4 Å². The van der Waals surface area contributed by atoms with Crippen molar-refractivity contribution in [3.63, 3.8) is 0 Å². The van der Waals surface area contributed by atoms with E-state index in [1.807, 2.05) is 24.3 Å². The van der Waals surface area contributed by atoms with Crippen LogP contribution in [-0.2, 0) is 4.79 Å². The highest BCUT2D eigenvalue weighted by Crippen LogP contribution is 2.38. The first-order chi connectivity index (χ1) is 15.4. The third-order valence-electron chi connectivity index (χ3n) is 6.85. The largest absolute Gasteiger partial charge is 0.369 e. The molecule has 0 aliphatic heterocycles. The summed E-state index contributed by atoms with van der Waals surface area (Å²) in [7, 11) is 0. The number of primary amides is 1. The highest BCUT2D eigenvalue weighted by atomic mass is 35.5. The van der Waals surface area contributed by atoms with Gasteiger partial charge in [-0.2, -0.15) is 4.98 Å². The van der Waals surface area contributed by atoms with Crippen LogP contribution >= 0.6 is 11.6 Å². The Hall–Kier alpha value is -2.87. The number of carbonyl (C=O) groups is 1. The number of nitrogens with one attached hydrogen (secondary N) is 2. The molecule has 5 rings (SSSR count). The molecular weight excluding hydrogens is 426 g/mol. The van der Waals surface area contributed by atoms with E-state index < -0.39 is 0 Å². The number of carbonyl (C=O) groups excluding carboxylic acids is 1. The number of benzene rings is 1. The normalized spacial score (nSPS) is 22.3. The van der Waals surface area contributed by atoms with Crippen LogP contribution in [0.3, 0.4) is 0 Å². The van der Waals surface area contributed by atoms with E-state index in [1.54, 1.807) is 6.20 Å². The Kier molecular flexibility index (Phi) is 5.41. The molecule has 0 radical (unpaired) electrons. The molecule has 2 saturated carbocycles. The minimum absolute atomic E-state index is 0.0555. The van der Waals surface area contributed by atoms with Gasteiger partial charge >= 0.3 is 0 Å². The molecule has 2 aliphatic rings. The molecule has 0 unspecified atom stereocenters. The Bertz CT molecular complexity index is 1150. The third kappa shape index (κ3) is 4.11. The topological polar surface area (TPSA) is 111 Å². The van der Waals surface area contributed by atoms with Gasteiger partial charge in [0.2, 0.25) is 17.8 Å². The summed E-state index contributed by atoms with van der Waals surface area (Å²) < 4.78 is 2.16. The maximum absolute atomic E-state index is 11.7. The van der Waals surface area contributed by atoms with Crippen molar-refractivity contribution < 1.29 is 4.79 Å². The van der Waals surface area contributed by atoms with Gasteiger partial charge in [0.15, 0.2) is 5.65 Å². The number of rotatable bonds is 6. The summed E-state index contributed by atoms with van der Waals surface area (Å²) in [4.78, 5) is 25.9. The molecule has 0 bridgehead atoms. The number of imidazole rings is 1. The van der Waals surface area contributed by atoms with Gasteiger partial charge in [0.25, 0.3) is 0 Å². The summed E-state index contributed by atoms with van der Waals surface area (Å²) in [6.45, 7) is 2.21. The van der Waals surface area contributed by atoms with Crippen molar-refractivity contribution in [3.8, 4) is 0 Å². The first-order valence-electron chi connectivity index (χ1n) is 11.3. The smallest absolute Gasteiger partial charge is 0.225 e. The highest BCUT2D eigenvalue weighted by molar-refractivity contribution is 6.30. The van der Waals surface area contributed by atoms with Crippen LogP contribution in [0.4, 0.5) is 17.6 Å². The Morgan fingerprint density at radius 3 is 2.66 bits per heavy atom. The van der Waals surface area contributed by atoms with Crippen LogP contribution in [0.2, 0.25) is 5.02 Å². The molecule has 0 saturated heterocycles. The van der Waals surface area contributed by atoms with Crippen molar-refractivity contribution in [1.29, 1.82) is 0 Å². The summed E-state index contributed by atoms with van der Waals surface area (Å²) in [6.07, 6.45) is 8.46. The molecule has 8 nitrogen and oxygen atoms in total. The van der Waals surface area contributed by atoms with Crippen LogP contribution in [0.25, 0.3) is 11.2 Å². The first kappa shape index (κ1) is 21.0. The molecule has 3 aromatic rings. The third-order valence-corrected chi connectivity index (χ3v) is 7.08. The van der Waals surface area contributed by atoms with Crippen LogP contribution in [0, 0.1) is 5.92 Å². The van der Waals surface area contributed by atoms with E-state index in [0.717, 1.165) is 55.4 Å². The van der Waals surface area contributed by atoms with Crippen molar-refractivity contribution in [1.82, 2.24) is 19.5 Å². The molecule has 32 heavy (non-hydrogen) atoms. The summed E-state index contributed by atoms with van der Waals surface area (Å²) >= 11 is 6.18. The van der Waals surface area contributed by atoms with Gasteiger partial charge in [-0.1, -0.05) is 17.7 Å². The maximum Gasteiger partial charge on any atom is 0.225 e. The number of hydrogen-bond donors (Lipinski definition) is 3. The SMILES string of the molecule is CC1(Nc2ncc3nc(Nc4cccc(Cl)c4)n(C4CCC(C(N)=O)CC4)c3n2)CCC1. The fourth-order valence-electron chi connectivity index (χ4n) is 4.80. The second-order valence-corrected chi connectivity index (χ2v) is 9.73. The second-order valence-electron chi connectivity index (χ2n) is 9.29. The van der Waals surface area contributed by atoms with E-state index >= 15 is 0 Å². The molecule has 2 fully saturated rings. The van der Waals surface area contributed by atoms with Crippen LogP contribution in [0.15, 0.2) is 30.5 Å². The average molecular weight is 454 g/mol. The lowest BCUT2D eigenvalue weighted by Crippen LogP contribution is -2.42. The Morgan fingerprint density at radius 2 is 2.00 bits per heavy atom. The maximum atomic E-state index is 11.7. The second kappa shape index (κ2) is 8.24. The standard InChI is InChI=1S/C23H28ClN7O/c1-23(10-3-11-23)30-21-26-13-18-20(29-21)31(17-8-6-14(7-9-17)19(25)32)22(28-18)27-16-5-2-4-15(24)12-16/h2,4-5,12-14,17H,3,6-11H2,1H3,(H2,25,32)(H,27,28)(H,26,29,30). The monoisotopic (exact) mass is 453 g/mol. The van der Waals surface area contributed by atoms with Gasteiger partial charge in [0.05, 0.1) is 6.20 Å². The van der Waals surface area contributed by atoms with Gasteiger partial charge in [0.1, 0.15) is 5.52 Å². The number of nitrogens with zero attached hydrogens (tertiary/aromatic N) is 4. The number of amides is 1. The minimum atomic E-state index is -0.209. The molecule has 168 valence electrons. The number of halogens is 1. The number of nitrogens with two attached hydrogens (primary N) is 1. The molecule has 2 aromatic heterocycles. The van der Waals surface area contributed by atoms with Crippen LogP contribution in [0.1, 0.15) is 57.9 Å². The zero-order chi connectivity index (χ0) is 22.3.